The predicted molar refractivity (Wildman–Crippen MR) is 127 cm³/mol. The summed E-state index contributed by atoms with van der Waals surface area (Å²) in [6, 6.07) is 22.5. The van der Waals surface area contributed by atoms with Crippen molar-refractivity contribution in [1.29, 1.82) is 0 Å². The lowest BCUT2D eigenvalue weighted by molar-refractivity contribution is 0.0912. The third kappa shape index (κ3) is 4.23. The van der Waals surface area contributed by atoms with E-state index in [9.17, 15) is 4.79 Å². The second-order valence-electron chi connectivity index (χ2n) is 8.35. The van der Waals surface area contributed by atoms with Gasteiger partial charge in [-0.05, 0) is 79.7 Å². The lowest BCUT2D eigenvalue weighted by Crippen LogP contribution is -2.46. The molecule has 1 saturated heterocycles. The molecule has 1 amide bonds. The van der Waals surface area contributed by atoms with Gasteiger partial charge in [0.2, 0.25) is 0 Å². The van der Waals surface area contributed by atoms with Gasteiger partial charge >= 0.3 is 0 Å². The summed E-state index contributed by atoms with van der Waals surface area (Å²) < 4.78 is 0. The SMILES string of the molecule is CN1CCCC(NC(=O)c2ccc(Nc3ccnc4cc5ccccc5cc34)cc2)C1. The first-order valence-electron chi connectivity index (χ1n) is 10.8. The van der Waals surface area contributed by atoms with E-state index >= 15 is 0 Å². The highest BCUT2D eigenvalue weighted by molar-refractivity contribution is 6.02. The molecule has 0 spiro atoms. The van der Waals surface area contributed by atoms with Gasteiger partial charge in [0.05, 0.1) is 5.52 Å². The number of hydrogen-bond acceptors (Lipinski definition) is 4. The van der Waals surface area contributed by atoms with Crippen LogP contribution in [0.5, 0.6) is 0 Å². The van der Waals surface area contributed by atoms with Crippen molar-refractivity contribution in [2.24, 2.45) is 0 Å². The lowest BCUT2D eigenvalue weighted by Gasteiger charge is -2.30. The Morgan fingerprint density at radius 1 is 1.03 bits per heavy atom. The molecule has 1 unspecified atom stereocenters. The molecule has 0 aliphatic carbocycles. The molecule has 1 atom stereocenters. The molecule has 0 radical (unpaired) electrons. The fourth-order valence-electron chi connectivity index (χ4n) is 4.36. The van der Waals surface area contributed by atoms with Crippen LogP contribution in [0.4, 0.5) is 11.4 Å². The third-order valence-corrected chi connectivity index (χ3v) is 5.99. The summed E-state index contributed by atoms with van der Waals surface area (Å²) >= 11 is 0. The summed E-state index contributed by atoms with van der Waals surface area (Å²) in [5, 5.41) is 10.1. The van der Waals surface area contributed by atoms with Crippen LogP contribution in [0.1, 0.15) is 23.2 Å². The second kappa shape index (κ2) is 8.36. The van der Waals surface area contributed by atoms with Gasteiger partial charge in [0, 0.05) is 41.1 Å². The van der Waals surface area contributed by atoms with E-state index in [-0.39, 0.29) is 11.9 Å². The van der Waals surface area contributed by atoms with Gasteiger partial charge in [-0.1, -0.05) is 24.3 Å². The van der Waals surface area contributed by atoms with Crippen molar-refractivity contribution in [3.63, 3.8) is 0 Å². The van der Waals surface area contributed by atoms with Crippen LogP contribution in [-0.4, -0.2) is 42.0 Å². The highest BCUT2D eigenvalue weighted by atomic mass is 16.1. The lowest BCUT2D eigenvalue weighted by atomic mass is 10.1. The Balaban J connectivity index is 1.34. The van der Waals surface area contributed by atoms with Crippen LogP contribution < -0.4 is 10.6 Å². The number of anilines is 2. The number of nitrogens with one attached hydrogen (secondary N) is 2. The molecule has 1 fully saturated rings. The molecule has 31 heavy (non-hydrogen) atoms. The summed E-state index contributed by atoms with van der Waals surface area (Å²) in [5.74, 6) is -0.00678. The highest BCUT2D eigenvalue weighted by Crippen LogP contribution is 2.29. The normalized spacial score (nSPS) is 17.0. The Kier molecular flexibility index (Phi) is 5.26. The average Bonchev–Trinajstić information content (AvgIpc) is 2.78. The molecule has 4 aromatic rings. The summed E-state index contributed by atoms with van der Waals surface area (Å²) in [4.78, 5) is 19.4. The van der Waals surface area contributed by atoms with Crippen LogP contribution in [0.15, 0.2) is 72.9 Å². The number of likely N-dealkylation sites (N-methyl/N-ethyl adjacent to an activating group) is 1. The van der Waals surface area contributed by atoms with Gasteiger partial charge in [-0.15, -0.1) is 0 Å². The van der Waals surface area contributed by atoms with Gasteiger partial charge in [-0.2, -0.15) is 0 Å². The molecule has 5 rings (SSSR count). The summed E-state index contributed by atoms with van der Waals surface area (Å²) in [6.45, 7) is 2.02. The number of rotatable bonds is 4. The molecule has 5 heteroatoms. The first-order chi connectivity index (χ1) is 15.2. The van der Waals surface area contributed by atoms with Crippen LogP contribution >= 0.6 is 0 Å². The number of fused-ring (bicyclic) bond motifs is 2. The number of hydrogen-bond donors (Lipinski definition) is 2. The quantitative estimate of drug-likeness (QED) is 0.467. The predicted octanol–water partition coefficient (Wildman–Crippen LogP) is 4.96. The Morgan fingerprint density at radius 3 is 2.58 bits per heavy atom. The molecule has 2 heterocycles. The van der Waals surface area contributed by atoms with E-state index in [4.69, 9.17) is 0 Å². The smallest absolute Gasteiger partial charge is 0.251 e. The van der Waals surface area contributed by atoms with E-state index in [0.717, 1.165) is 48.2 Å². The molecule has 3 aromatic carbocycles. The third-order valence-electron chi connectivity index (χ3n) is 5.99. The first-order valence-corrected chi connectivity index (χ1v) is 10.8. The fourth-order valence-corrected chi connectivity index (χ4v) is 4.36. The van der Waals surface area contributed by atoms with Crippen LogP contribution in [0, 0.1) is 0 Å². The topological polar surface area (TPSA) is 57.3 Å². The van der Waals surface area contributed by atoms with E-state index in [1.54, 1.807) is 0 Å². The zero-order valence-electron chi connectivity index (χ0n) is 17.6. The number of likely N-dealkylation sites (tertiary alicyclic amines) is 1. The standard InChI is InChI=1S/C26H26N4O/c1-30-14-4-7-22(17-30)29-26(31)18-8-10-21(11-9-18)28-24-12-13-27-25-16-20-6-3-2-5-19(20)15-23(24)25/h2-3,5-6,8-13,15-16,22H,4,7,14,17H2,1H3,(H,27,28)(H,29,31). The molecule has 1 aliphatic heterocycles. The van der Waals surface area contributed by atoms with Gasteiger partial charge in [-0.25, -0.2) is 0 Å². The number of benzene rings is 3. The van der Waals surface area contributed by atoms with E-state index in [1.165, 1.54) is 10.8 Å². The average molecular weight is 411 g/mol. The second-order valence-corrected chi connectivity index (χ2v) is 8.35. The zero-order valence-corrected chi connectivity index (χ0v) is 17.6. The van der Waals surface area contributed by atoms with E-state index in [1.807, 2.05) is 48.7 Å². The Bertz CT molecular complexity index is 1240. The van der Waals surface area contributed by atoms with Crippen molar-refractivity contribution in [1.82, 2.24) is 15.2 Å². The van der Waals surface area contributed by atoms with Gasteiger partial charge < -0.3 is 15.5 Å². The van der Waals surface area contributed by atoms with Crippen molar-refractivity contribution in [3.05, 3.63) is 78.5 Å². The summed E-state index contributed by atoms with van der Waals surface area (Å²) in [5.41, 5.74) is 3.58. The van der Waals surface area contributed by atoms with Crippen LogP contribution in [0.3, 0.4) is 0 Å². The van der Waals surface area contributed by atoms with Crippen molar-refractivity contribution in [3.8, 4) is 0 Å². The van der Waals surface area contributed by atoms with Gasteiger partial charge in [-0.3, -0.25) is 9.78 Å². The molecule has 5 nitrogen and oxygen atoms in total. The van der Waals surface area contributed by atoms with Crippen LogP contribution in [-0.2, 0) is 0 Å². The minimum absolute atomic E-state index is 0.00678. The van der Waals surface area contributed by atoms with E-state index in [0.29, 0.717) is 5.56 Å². The van der Waals surface area contributed by atoms with Gasteiger partial charge in [0.15, 0.2) is 0 Å². The van der Waals surface area contributed by atoms with Crippen molar-refractivity contribution in [2.45, 2.75) is 18.9 Å². The number of piperidine rings is 1. The number of nitrogens with zero attached hydrogens (tertiary/aromatic N) is 2. The molecular formula is C26H26N4O. The summed E-state index contributed by atoms with van der Waals surface area (Å²) in [6.07, 6.45) is 3.99. The van der Waals surface area contributed by atoms with E-state index in [2.05, 4.69) is 51.8 Å². The first kappa shape index (κ1) is 19.5. The van der Waals surface area contributed by atoms with E-state index < -0.39 is 0 Å². The van der Waals surface area contributed by atoms with Crippen molar-refractivity contribution >= 4 is 39.0 Å². The van der Waals surface area contributed by atoms with Crippen molar-refractivity contribution in [2.75, 3.05) is 25.5 Å². The molecule has 1 aromatic heterocycles. The fraction of sp³-hybridized carbons (Fsp3) is 0.231. The molecular weight excluding hydrogens is 384 g/mol. The van der Waals surface area contributed by atoms with Crippen LogP contribution in [0.2, 0.25) is 0 Å². The number of carbonyl (C=O) groups is 1. The van der Waals surface area contributed by atoms with Crippen molar-refractivity contribution < 1.29 is 4.79 Å². The Morgan fingerprint density at radius 2 is 1.81 bits per heavy atom. The molecule has 1 aliphatic rings. The molecule has 0 saturated carbocycles. The number of carbonyl (C=O) groups excluding carboxylic acids is 1. The number of amides is 1. The minimum atomic E-state index is -0.00678. The minimum Gasteiger partial charge on any atom is -0.355 e. The molecule has 156 valence electrons. The molecule has 0 bridgehead atoms. The number of pyridine rings is 1. The van der Waals surface area contributed by atoms with Gasteiger partial charge in [0.1, 0.15) is 0 Å². The summed E-state index contributed by atoms with van der Waals surface area (Å²) in [7, 11) is 2.10. The zero-order chi connectivity index (χ0) is 21.2. The highest BCUT2D eigenvalue weighted by Gasteiger charge is 2.19. The Labute approximate surface area is 182 Å². The van der Waals surface area contributed by atoms with Gasteiger partial charge in [0.25, 0.3) is 5.91 Å². The Hall–Kier alpha value is -3.44. The maximum absolute atomic E-state index is 12.6. The maximum Gasteiger partial charge on any atom is 0.251 e. The largest absolute Gasteiger partial charge is 0.355 e. The number of aromatic nitrogens is 1. The molecule has 2 N–H and O–H groups in total. The maximum atomic E-state index is 12.6. The van der Waals surface area contributed by atoms with Crippen LogP contribution in [0.25, 0.3) is 21.7 Å². The monoisotopic (exact) mass is 410 g/mol.